The molecule has 0 bridgehead atoms. The van der Waals surface area contributed by atoms with E-state index in [-0.39, 0.29) is 32.8 Å². The van der Waals surface area contributed by atoms with E-state index in [1.165, 1.54) is 0 Å². The van der Waals surface area contributed by atoms with E-state index in [0.717, 1.165) is 0 Å². The Morgan fingerprint density at radius 3 is 2.38 bits per heavy atom. The molecule has 2 N–H and O–H groups in total. The van der Waals surface area contributed by atoms with Gasteiger partial charge in [-0.1, -0.05) is 0 Å². The largest absolute Gasteiger partial charge is 0.466 e. The van der Waals surface area contributed by atoms with Gasteiger partial charge in [0.2, 0.25) is 0 Å². The van der Waals surface area contributed by atoms with Gasteiger partial charge in [-0.2, -0.15) is 0 Å². The van der Waals surface area contributed by atoms with Gasteiger partial charge in [0.25, 0.3) is 0 Å². The summed E-state index contributed by atoms with van der Waals surface area (Å²) in [5.74, 6) is -0.977. The maximum atomic E-state index is 11.4. The Kier molecular flexibility index (Phi) is 8.46. The SMILES string of the molecule is CCOC(=O)C[C@H](NCCO)C(=O)OCC. The third kappa shape index (κ3) is 6.36. The molecule has 16 heavy (non-hydrogen) atoms. The monoisotopic (exact) mass is 233 g/mol. The Labute approximate surface area is 94.9 Å². The second-order valence-electron chi connectivity index (χ2n) is 2.99. The van der Waals surface area contributed by atoms with Gasteiger partial charge in [0.05, 0.1) is 26.2 Å². The molecule has 0 spiro atoms. The molecule has 1 atom stereocenters. The molecule has 0 aromatic rings. The smallest absolute Gasteiger partial charge is 0.323 e. The van der Waals surface area contributed by atoms with Crippen LogP contribution in [0.5, 0.6) is 0 Å². The minimum absolute atomic E-state index is 0.0906. The second kappa shape index (κ2) is 9.11. The molecule has 0 aromatic carbocycles. The molecule has 0 aromatic heterocycles. The van der Waals surface area contributed by atoms with Gasteiger partial charge in [-0.05, 0) is 13.8 Å². The number of hydrogen-bond acceptors (Lipinski definition) is 6. The highest BCUT2D eigenvalue weighted by atomic mass is 16.5. The van der Waals surface area contributed by atoms with Crippen LogP contribution in [0.4, 0.5) is 0 Å². The molecule has 0 rings (SSSR count). The normalized spacial score (nSPS) is 11.9. The summed E-state index contributed by atoms with van der Waals surface area (Å²) in [5.41, 5.74) is 0. The molecule has 0 heterocycles. The summed E-state index contributed by atoms with van der Waals surface area (Å²) in [5, 5.41) is 11.4. The second-order valence-corrected chi connectivity index (χ2v) is 2.99. The fraction of sp³-hybridized carbons (Fsp3) is 0.800. The molecular formula is C10H19NO5. The molecule has 0 saturated heterocycles. The van der Waals surface area contributed by atoms with Crippen LogP contribution in [0.2, 0.25) is 0 Å². The topological polar surface area (TPSA) is 84.9 Å². The van der Waals surface area contributed by atoms with Crippen LogP contribution in [-0.2, 0) is 19.1 Å². The molecule has 0 fully saturated rings. The van der Waals surface area contributed by atoms with Crippen LogP contribution in [-0.4, -0.2) is 49.5 Å². The van der Waals surface area contributed by atoms with Gasteiger partial charge in [-0.25, -0.2) is 0 Å². The van der Waals surface area contributed by atoms with Crippen LogP contribution >= 0.6 is 0 Å². The highest BCUT2D eigenvalue weighted by Gasteiger charge is 2.22. The zero-order valence-corrected chi connectivity index (χ0v) is 9.69. The molecule has 6 nitrogen and oxygen atoms in total. The van der Waals surface area contributed by atoms with Crippen LogP contribution in [0.15, 0.2) is 0 Å². The summed E-state index contributed by atoms with van der Waals surface area (Å²) in [6.07, 6.45) is -0.0906. The number of carbonyl (C=O) groups excluding carboxylic acids is 2. The first-order chi connectivity index (χ1) is 7.65. The fourth-order valence-corrected chi connectivity index (χ4v) is 1.11. The van der Waals surface area contributed by atoms with E-state index in [2.05, 4.69) is 5.32 Å². The van der Waals surface area contributed by atoms with Gasteiger partial charge in [-0.3, -0.25) is 9.59 Å². The number of aliphatic hydroxyl groups is 1. The molecule has 0 aliphatic rings. The lowest BCUT2D eigenvalue weighted by atomic mass is 10.2. The fourth-order valence-electron chi connectivity index (χ4n) is 1.11. The van der Waals surface area contributed by atoms with Crippen LogP contribution in [0, 0.1) is 0 Å². The molecule has 0 aliphatic carbocycles. The Morgan fingerprint density at radius 1 is 1.25 bits per heavy atom. The first kappa shape index (κ1) is 14.9. The average molecular weight is 233 g/mol. The summed E-state index contributed by atoms with van der Waals surface area (Å²) >= 11 is 0. The van der Waals surface area contributed by atoms with E-state index >= 15 is 0 Å². The summed E-state index contributed by atoms with van der Waals surface area (Å²) in [6.45, 7) is 4.01. The predicted molar refractivity (Wildman–Crippen MR) is 56.8 cm³/mol. The van der Waals surface area contributed by atoms with Crippen molar-refractivity contribution in [2.75, 3.05) is 26.4 Å². The molecule has 6 heteroatoms. The van der Waals surface area contributed by atoms with E-state index in [1.807, 2.05) is 0 Å². The molecule has 0 saturated carbocycles. The van der Waals surface area contributed by atoms with Gasteiger partial charge in [0, 0.05) is 6.54 Å². The van der Waals surface area contributed by atoms with Crippen LogP contribution < -0.4 is 5.32 Å². The summed E-state index contributed by atoms with van der Waals surface area (Å²) in [4.78, 5) is 22.6. The number of aliphatic hydroxyl groups excluding tert-OH is 1. The van der Waals surface area contributed by atoms with Crippen molar-refractivity contribution < 1.29 is 24.2 Å². The van der Waals surface area contributed by atoms with Crippen molar-refractivity contribution in [1.29, 1.82) is 0 Å². The lowest BCUT2D eigenvalue weighted by Crippen LogP contribution is -2.41. The number of nitrogens with one attached hydrogen (secondary N) is 1. The minimum Gasteiger partial charge on any atom is -0.466 e. The predicted octanol–water partition coefficient (Wildman–Crippen LogP) is -0.547. The first-order valence-corrected chi connectivity index (χ1v) is 5.32. The summed E-state index contributed by atoms with van der Waals surface area (Å²) < 4.78 is 9.52. The highest BCUT2D eigenvalue weighted by Crippen LogP contribution is 1.98. The van der Waals surface area contributed by atoms with E-state index < -0.39 is 18.0 Å². The molecule has 0 radical (unpaired) electrons. The van der Waals surface area contributed by atoms with E-state index in [4.69, 9.17) is 14.6 Å². The number of ether oxygens (including phenoxy) is 2. The summed E-state index contributed by atoms with van der Waals surface area (Å²) in [6, 6.07) is -0.758. The van der Waals surface area contributed by atoms with E-state index in [1.54, 1.807) is 13.8 Å². The van der Waals surface area contributed by atoms with Crippen molar-refractivity contribution in [2.45, 2.75) is 26.3 Å². The van der Waals surface area contributed by atoms with E-state index in [0.29, 0.717) is 0 Å². The Hall–Kier alpha value is -1.14. The van der Waals surface area contributed by atoms with Crippen LogP contribution in [0.3, 0.4) is 0 Å². The molecular weight excluding hydrogens is 214 g/mol. The van der Waals surface area contributed by atoms with Crippen LogP contribution in [0.1, 0.15) is 20.3 Å². The Bertz CT molecular complexity index is 219. The van der Waals surface area contributed by atoms with E-state index in [9.17, 15) is 9.59 Å². The van der Waals surface area contributed by atoms with Crippen molar-refractivity contribution in [2.24, 2.45) is 0 Å². The zero-order chi connectivity index (χ0) is 12.4. The third-order valence-electron chi connectivity index (χ3n) is 1.75. The standard InChI is InChI=1S/C10H19NO5/c1-3-15-9(13)7-8(11-5-6-12)10(14)16-4-2/h8,11-12H,3-7H2,1-2H3/t8-/m0/s1. The lowest BCUT2D eigenvalue weighted by Gasteiger charge is -2.15. The van der Waals surface area contributed by atoms with Gasteiger partial charge < -0.3 is 19.9 Å². The maximum absolute atomic E-state index is 11.4. The minimum atomic E-state index is -0.758. The zero-order valence-electron chi connectivity index (χ0n) is 9.69. The van der Waals surface area contributed by atoms with Gasteiger partial charge in [0.1, 0.15) is 6.04 Å². The van der Waals surface area contributed by atoms with Crippen molar-refractivity contribution in [1.82, 2.24) is 5.32 Å². The van der Waals surface area contributed by atoms with Crippen molar-refractivity contribution in [3.8, 4) is 0 Å². The molecule has 94 valence electrons. The Morgan fingerprint density at radius 2 is 1.88 bits per heavy atom. The van der Waals surface area contributed by atoms with Crippen molar-refractivity contribution >= 4 is 11.9 Å². The third-order valence-corrected chi connectivity index (χ3v) is 1.75. The van der Waals surface area contributed by atoms with Crippen LogP contribution in [0.25, 0.3) is 0 Å². The summed E-state index contributed by atoms with van der Waals surface area (Å²) in [7, 11) is 0. The number of carbonyl (C=O) groups is 2. The number of esters is 2. The van der Waals surface area contributed by atoms with Crippen molar-refractivity contribution in [3.05, 3.63) is 0 Å². The van der Waals surface area contributed by atoms with Gasteiger partial charge >= 0.3 is 11.9 Å². The number of hydrogen-bond donors (Lipinski definition) is 2. The average Bonchev–Trinajstić information content (AvgIpc) is 2.24. The van der Waals surface area contributed by atoms with Gasteiger partial charge in [-0.15, -0.1) is 0 Å². The van der Waals surface area contributed by atoms with Gasteiger partial charge in [0.15, 0.2) is 0 Å². The quantitative estimate of drug-likeness (QED) is 0.547. The lowest BCUT2D eigenvalue weighted by molar-refractivity contribution is -0.152. The highest BCUT2D eigenvalue weighted by molar-refractivity contribution is 5.82. The molecule has 0 unspecified atom stereocenters. The number of rotatable bonds is 8. The first-order valence-electron chi connectivity index (χ1n) is 5.32. The molecule has 0 amide bonds. The Balaban J connectivity index is 4.18. The van der Waals surface area contributed by atoms with Crippen molar-refractivity contribution in [3.63, 3.8) is 0 Å². The molecule has 0 aliphatic heterocycles. The maximum Gasteiger partial charge on any atom is 0.323 e.